The van der Waals surface area contributed by atoms with E-state index >= 15 is 0 Å². The number of rotatable bonds is 5. The maximum absolute atomic E-state index is 12.3. The summed E-state index contributed by atoms with van der Waals surface area (Å²) in [6.07, 6.45) is 8.27. The van der Waals surface area contributed by atoms with Gasteiger partial charge in [-0.1, -0.05) is 18.2 Å². The highest BCUT2D eigenvalue weighted by Crippen LogP contribution is 2.28. The third-order valence-corrected chi connectivity index (χ3v) is 3.50. The fourth-order valence-electron chi connectivity index (χ4n) is 2.33. The zero-order valence-electron chi connectivity index (χ0n) is 12.0. The van der Waals surface area contributed by atoms with Gasteiger partial charge in [-0.3, -0.25) is 4.79 Å². The van der Waals surface area contributed by atoms with Gasteiger partial charge in [-0.05, 0) is 38.8 Å². The summed E-state index contributed by atoms with van der Waals surface area (Å²) < 4.78 is 0. The molecule has 0 fully saturated rings. The van der Waals surface area contributed by atoms with Crippen molar-refractivity contribution in [1.29, 1.82) is 0 Å². The molecule has 3 nitrogen and oxygen atoms in total. The largest absolute Gasteiger partial charge is 0.507 e. The number of carbonyl (C=O) groups is 1. The molecule has 1 aromatic carbocycles. The molecular formula is C17H20NO2. The standard InChI is InChI=1S/C17H20NO2/c1-3-18(4-2)14-10-11-15(16(19)12-14)17(20)13-8-6-5-7-9-13/h5-6,8-12,19H,3-4,7H2,1-2H3. The summed E-state index contributed by atoms with van der Waals surface area (Å²) in [6, 6.07) is 5.26. The van der Waals surface area contributed by atoms with Crippen LogP contribution in [0.1, 0.15) is 30.6 Å². The van der Waals surface area contributed by atoms with Crippen molar-refractivity contribution in [2.75, 3.05) is 18.0 Å². The second-order valence-electron chi connectivity index (χ2n) is 4.69. The Morgan fingerprint density at radius 3 is 2.60 bits per heavy atom. The van der Waals surface area contributed by atoms with Crippen LogP contribution in [-0.2, 0) is 0 Å². The van der Waals surface area contributed by atoms with Crippen molar-refractivity contribution in [3.05, 3.63) is 54.0 Å². The molecule has 0 aromatic heterocycles. The lowest BCUT2D eigenvalue weighted by Crippen LogP contribution is -2.21. The predicted molar refractivity (Wildman–Crippen MR) is 82.1 cm³/mol. The minimum absolute atomic E-state index is 0.0447. The number of hydrogen-bond acceptors (Lipinski definition) is 3. The van der Waals surface area contributed by atoms with Gasteiger partial charge >= 0.3 is 0 Å². The van der Waals surface area contributed by atoms with E-state index in [9.17, 15) is 9.90 Å². The first-order valence-electron chi connectivity index (χ1n) is 7.00. The summed E-state index contributed by atoms with van der Waals surface area (Å²) in [5.74, 6) is -0.0822. The molecule has 1 aliphatic rings. The molecule has 0 saturated carbocycles. The average Bonchev–Trinajstić information content (AvgIpc) is 2.49. The SMILES string of the molecule is CCN(CC)c1ccc(C(=O)C2=CC=CC[CH]2)c(O)c1. The lowest BCUT2D eigenvalue weighted by atomic mass is 9.95. The molecule has 105 valence electrons. The van der Waals surface area contributed by atoms with Gasteiger partial charge in [0.15, 0.2) is 5.78 Å². The third-order valence-electron chi connectivity index (χ3n) is 3.50. The number of nitrogens with zero attached hydrogens (tertiary/aromatic N) is 1. The van der Waals surface area contributed by atoms with Crippen molar-refractivity contribution in [1.82, 2.24) is 0 Å². The molecular weight excluding hydrogens is 250 g/mol. The minimum atomic E-state index is -0.127. The van der Waals surface area contributed by atoms with Gasteiger partial charge in [0.25, 0.3) is 0 Å². The first-order chi connectivity index (χ1) is 9.67. The van der Waals surface area contributed by atoms with Crippen LogP contribution in [0.3, 0.4) is 0 Å². The van der Waals surface area contributed by atoms with E-state index in [-0.39, 0.29) is 11.5 Å². The van der Waals surface area contributed by atoms with Crippen LogP contribution in [0.4, 0.5) is 5.69 Å². The maximum Gasteiger partial charge on any atom is 0.193 e. The smallest absolute Gasteiger partial charge is 0.193 e. The highest BCUT2D eigenvalue weighted by molar-refractivity contribution is 6.12. The second-order valence-corrected chi connectivity index (χ2v) is 4.69. The van der Waals surface area contributed by atoms with Crippen LogP contribution in [0.25, 0.3) is 0 Å². The fraction of sp³-hybridized carbons (Fsp3) is 0.294. The first-order valence-corrected chi connectivity index (χ1v) is 7.00. The van der Waals surface area contributed by atoms with Gasteiger partial charge in [0, 0.05) is 30.4 Å². The maximum atomic E-state index is 12.3. The third kappa shape index (κ3) is 2.93. The summed E-state index contributed by atoms with van der Waals surface area (Å²) in [7, 11) is 0. The van der Waals surface area contributed by atoms with E-state index in [2.05, 4.69) is 18.7 Å². The van der Waals surface area contributed by atoms with E-state index in [4.69, 9.17) is 0 Å². The summed E-state index contributed by atoms with van der Waals surface area (Å²) in [4.78, 5) is 14.5. The quantitative estimate of drug-likeness (QED) is 0.832. The Morgan fingerprint density at radius 1 is 1.30 bits per heavy atom. The van der Waals surface area contributed by atoms with Gasteiger partial charge < -0.3 is 10.0 Å². The first kappa shape index (κ1) is 14.4. The Bertz CT molecular complexity index is 554. The second kappa shape index (κ2) is 6.42. The number of aromatic hydroxyl groups is 1. The van der Waals surface area contributed by atoms with Gasteiger partial charge in [0.05, 0.1) is 5.56 Å². The summed E-state index contributed by atoms with van der Waals surface area (Å²) in [5, 5.41) is 10.1. The molecule has 1 aliphatic carbocycles. The van der Waals surface area contributed by atoms with Gasteiger partial charge in [0.1, 0.15) is 5.75 Å². The Balaban J connectivity index is 2.27. The zero-order valence-corrected chi connectivity index (χ0v) is 12.0. The van der Waals surface area contributed by atoms with Crippen LogP contribution in [0.5, 0.6) is 5.75 Å². The highest BCUT2D eigenvalue weighted by Gasteiger charge is 2.17. The van der Waals surface area contributed by atoms with Crippen LogP contribution in [0.2, 0.25) is 0 Å². The van der Waals surface area contributed by atoms with Crippen LogP contribution in [0, 0.1) is 6.42 Å². The number of phenolic OH excluding ortho intramolecular Hbond substituents is 1. The van der Waals surface area contributed by atoms with E-state index in [1.165, 1.54) is 0 Å². The normalized spacial score (nSPS) is 14.0. The van der Waals surface area contributed by atoms with Gasteiger partial charge in [-0.25, -0.2) is 0 Å². The Kier molecular flexibility index (Phi) is 4.61. The molecule has 0 unspecified atom stereocenters. The molecule has 0 heterocycles. The number of Topliss-reactive ketones (excluding diaryl/α,β-unsaturated/α-hetero) is 1. The monoisotopic (exact) mass is 270 g/mol. The molecule has 1 N–H and O–H groups in total. The molecule has 1 radical (unpaired) electrons. The van der Waals surface area contributed by atoms with Crippen LogP contribution >= 0.6 is 0 Å². The van der Waals surface area contributed by atoms with E-state index in [0.29, 0.717) is 11.1 Å². The Morgan fingerprint density at radius 2 is 2.05 bits per heavy atom. The minimum Gasteiger partial charge on any atom is -0.507 e. The lowest BCUT2D eigenvalue weighted by Gasteiger charge is -2.21. The van der Waals surface area contributed by atoms with Crippen molar-refractivity contribution < 1.29 is 9.90 Å². The lowest BCUT2D eigenvalue weighted by molar-refractivity contribution is 0.103. The fourth-order valence-corrected chi connectivity index (χ4v) is 2.33. The molecule has 0 bridgehead atoms. The van der Waals surface area contributed by atoms with Crippen LogP contribution in [0.15, 0.2) is 42.0 Å². The number of allylic oxidation sites excluding steroid dienone is 4. The molecule has 0 aliphatic heterocycles. The highest BCUT2D eigenvalue weighted by atomic mass is 16.3. The number of hydrogen-bond donors (Lipinski definition) is 1. The molecule has 0 amide bonds. The molecule has 3 heteroatoms. The van der Waals surface area contributed by atoms with Crippen molar-refractivity contribution in [3.63, 3.8) is 0 Å². The van der Waals surface area contributed by atoms with Crippen LogP contribution in [-0.4, -0.2) is 24.0 Å². The number of anilines is 1. The number of phenols is 1. The van der Waals surface area contributed by atoms with E-state index in [0.717, 1.165) is 25.2 Å². The Labute approximate surface area is 120 Å². The van der Waals surface area contributed by atoms with E-state index in [1.54, 1.807) is 18.2 Å². The summed E-state index contributed by atoms with van der Waals surface area (Å²) in [6.45, 7) is 5.86. The molecule has 2 rings (SSSR count). The van der Waals surface area contributed by atoms with E-state index < -0.39 is 0 Å². The number of carbonyl (C=O) groups excluding carboxylic acids is 1. The van der Waals surface area contributed by atoms with Gasteiger partial charge in [0.2, 0.25) is 0 Å². The van der Waals surface area contributed by atoms with Crippen molar-refractivity contribution in [2.45, 2.75) is 20.3 Å². The number of ketones is 1. The van der Waals surface area contributed by atoms with Crippen LogP contribution < -0.4 is 4.90 Å². The summed E-state index contributed by atoms with van der Waals surface area (Å²) in [5.41, 5.74) is 1.93. The zero-order chi connectivity index (χ0) is 14.5. The van der Waals surface area contributed by atoms with Crippen molar-refractivity contribution >= 4 is 11.5 Å². The van der Waals surface area contributed by atoms with Gasteiger partial charge in [-0.2, -0.15) is 0 Å². The topological polar surface area (TPSA) is 40.5 Å². The molecule has 0 atom stereocenters. The van der Waals surface area contributed by atoms with E-state index in [1.807, 2.05) is 24.6 Å². The summed E-state index contributed by atoms with van der Waals surface area (Å²) >= 11 is 0. The predicted octanol–water partition coefficient (Wildman–Crippen LogP) is 3.51. The van der Waals surface area contributed by atoms with Crippen molar-refractivity contribution in [3.8, 4) is 5.75 Å². The Hall–Kier alpha value is -2.03. The number of benzene rings is 1. The molecule has 1 aromatic rings. The molecule has 20 heavy (non-hydrogen) atoms. The van der Waals surface area contributed by atoms with Gasteiger partial charge in [-0.15, -0.1) is 0 Å². The van der Waals surface area contributed by atoms with Crippen molar-refractivity contribution in [2.24, 2.45) is 0 Å². The molecule has 0 saturated heterocycles. The average molecular weight is 270 g/mol. The molecule has 0 spiro atoms.